The lowest BCUT2D eigenvalue weighted by atomic mass is 10.2. The third-order valence-corrected chi connectivity index (χ3v) is 4.37. The second-order valence-corrected chi connectivity index (χ2v) is 7.13. The van der Waals surface area contributed by atoms with Gasteiger partial charge in [0.05, 0.1) is 4.90 Å². The quantitative estimate of drug-likeness (QED) is 0.654. The van der Waals surface area contributed by atoms with Crippen molar-refractivity contribution in [2.45, 2.75) is 32.1 Å². The third kappa shape index (κ3) is 5.73. The van der Waals surface area contributed by atoms with Gasteiger partial charge in [0.1, 0.15) is 0 Å². The van der Waals surface area contributed by atoms with E-state index in [-0.39, 0.29) is 23.8 Å². The van der Waals surface area contributed by atoms with Gasteiger partial charge in [0, 0.05) is 25.2 Å². The average Bonchev–Trinajstić information content (AvgIpc) is 2.39. The molecule has 0 aliphatic carbocycles. The van der Waals surface area contributed by atoms with Crippen LogP contribution in [-0.2, 0) is 14.8 Å². The van der Waals surface area contributed by atoms with E-state index >= 15 is 0 Å². The minimum Gasteiger partial charge on any atom is -0.398 e. The van der Waals surface area contributed by atoms with E-state index in [4.69, 9.17) is 5.73 Å². The zero-order valence-electron chi connectivity index (χ0n) is 12.6. The Hall–Kier alpha value is -1.60. The summed E-state index contributed by atoms with van der Waals surface area (Å²) < 4.78 is 26.5. The highest BCUT2D eigenvalue weighted by atomic mass is 32.2. The summed E-state index contributed by atoms with van der Waals surface area (Å²) in [4.78, 5) is 11.6. The van der Waals surface area contributed by atoms with Crippen LogP contribution < -0.4 is 15.8 Å². The predicted octanol–water partition coefficient (Wildman–Crippen LogP) is 1.02. The van der Waals surface area contributed by atoms with Crippen molar-refractivity contribution in [1.82, 2.24) is 10.0 Å². The number of carbonyl (C=O) groups excluding carboxylic acids is 1. The van der Waals surface area contributed by atoms with Gasteiger partial charge in [0.15, 0.2) is 0 Å². The van der Waals surface area contributed by atoms with Crippen LogP contribution in [0.1, 0.15) is 25.8 Å². The summed E-state index contributed by atoms with van der Waals surface area (Å²) in [7, 11) is -3.64. The second kappa shape index (κ2) is 7.42. The Morgan fingerprint density at radius 1 is 1.33 bits per heavy atom. The number of sulfonamides is 1. The number of rotatable bonds is 7. The monoisotopic (exact) mass is 313 g/mol. The summed E-state index contributed by atoms with van der Waals surface area (Å²) in [6, 6.07) is 4.56. The molecule has 0 aliphatic heterocycles. The number of anilines is 1. The normalized spacial score (nSPS) is 11.6. The summed E-state index contributed by atoms with van der Waals surface area (Å²) in [5.74, 6) is 0.191. The number of benzene rings is 1. The molecule has 0 bridgehead atoms. The van der Waals surface area contributed by atoms with Crippen molar-refractivity contribution in [1.29, 1.82) is 0 Å². The molecule has 118 valence electrons. The van der Waals surface area contributed by atoms with Gasteiger partial charge in [-0.3, -0.25) is 4.79 Å². The van der Waals surface area contributed by atoms with Crippen LogP contribution in [-0.4, -0.2) is 27.4 Å². The van der Waals surface area contributed by atoms with Crippen molar-refractivity contribution < 1.29 is 13.2 Å². The van der Waals surface area contributed by atoms with Crippen LogP contribution in [0.25, 0.3) is 0 Å². The van der Waals surface area contributed by atoms with Gasteiger partial charge in [0.25, 0.3) is 0 Å². The van der Waals surface area contributed by atoms with Crippen LogP contribution in [0.2, 0.25) is 0 Å². The molecule has 1 aromatic rings. The van der Waals surface area contributed by atoms with Crippen molar-refractivity contribution in [3.8, 4) is 0 Å². The summed E-state index contributed by atoms with van der Waals surface area (Å²) in [6.07, 6.45) is 0.104. The zero-order chi connectivity index (χ0) is 16.0. The first-order valence-electron chi connectivity index (χ1n) is 6.85. The fourth-order valence-corrected chi connectivity index (χ4v) is 2.64. The topological polar surface area (TPSA) is 101 Å². The van der Waals surface area contributed by atoms with E-state index < -0.39 is 10.0 Å². The van der Waals surface area contributed by atoms with Gasteiger partial charge in [-0.1, -0.05) is 19.9 Å². The largest absolute Gasteiger partial charge is 0.398 e. The Morgan fingerprint density at radius 2 is 2.00 bits per heavy atom. The molecule has 0 saturated carbocycles. The molecule has 0 fully saturated rings. The minimum absolute atomic E-state index is 0.0556. The Labute approximate surface area is 126 Å². The molecule has 0 aromatic heterocycles. The Kier molecular flexibility index (Phi) is 6.17. The molecule has 1 amide bonds. The molecule has 0 radical (unpaired) electrons. The van der Waals surface area contributed by atoms with Crippen molar-refractivity contribution >= 4 is 21.6 Å². The molecule has 6 nitrogen and oxygen atoms in total. The third-order valence-electron chi connectivity index (χ3n) is 2.91. The molecule has 1 aromatic carbocycles. The summed E-state index contributed by atoms with van der Waals surface area (Å²) in [5.41, 5.74) is 6.95. The summed E-state index contributed by atoms with van der Waals surface area (Å²) in [6.45, 7) is 6.42. The Morgan fingerprint density at radius 3 is 2.57 bits per heavy atom. The van der Waals surface area contributed by atoms with Crippen molar-refractivity contribution in [3.05, 3.63) is 23.8 Å². The fraction of sp³-hybridized carbons (Fsp3) is 0.500. The highest BCUT2D eigenvalue weighted by Crippen LogP contribution is 2.16. The zero-order valence-corrected chi connectivity index (χ0v) is 13.5. The number of nitrogens with one attached hydrogen (secondary N) is 2. The van der Waals surface area contributed by atoms with Crippen LogP contribution in [0, 0.1) is 12.8 Å². The van der Waals surface area contributed by atoms with Crippen LogP contribution in [0.3, 0.4) is 0 Å². The summed E-state index contributed by atoms with van der Waals surface area (Å²) in [5, 5.41) is 2.73. The maximum absolute atomic E-state index is 12.0. The van der Waals surface area contributed by atoms with Gasteiger partial charge in [-0.05, 0) is 30.5 Å². The number of aryl methyl sites for hydroxylation is 1. The maximum atomic E-state index is 12.0. The van der Waals surface area contributed by atoms with E-state index in [0.29, 0.717) is 18.2 Å². The smallest absolute Gasteiger partial charge is 0.240 e. The highest BCUT2D eigenvalue weighted by molar-refractivity contribution is 7.89. The predicted molar refractivity (Wildman–Crippen MR) is 83.2 cm³/mol. The van der Waals surface area contributed by atoms with Crippen molar-refractivity contribution in [2.75, 3.05) is 18.8 Å². The van der Waals surface area contributed by atoms with Gasteiger partial charge < -0.3 is 11.1 Å². The molecule has 0 unspecified atom stereocenters. The lowest BCUT2D eigenvalue weighted by Gasteiger charge is -2.10. The molecule has 1 rings (SSSR count). The molecule has 0 aliphatic rings. The first-order valence-corrected chi connectivity index (χ1v) is 8.33. The van der Waals surface area contributed by atoms with Gasteiger partial charge in [0.2, 0.25) is 15.9 Å². The standard InChI is InChI=1S/C14H23N3O3S/c1-10(2)9-16-14(18)6-7-17-21(19,20)12-5-4-11(3)13(15)8-12/h4-5,8,10,17H,6-7,9,15H2,1-3H3,(H,16,18). The number of hydrogen-bond donors (Lipinski definition) is 3. The van der Waals surface area contributed by atoms with Gasteiger partial charge >= 0.3 is 0 Å². The molecule has 0 heterocycles. The van der Waals surface area contributed by atoms with E-state index in [1.54, 1.807) is 13.0 Å². The molecule has 4 N–H and O–H groups in total. The number of carbonyl (C=O) groups is 1. The van der Waals surface area contributed by atoms with Crippen molar-refractivity contribution in [3.63, 3.8) is 0 Å². The fourth-order valence-electron chi connectivity index (χ4n) is 1.57. The number of nitrogen functional groups attached to an aromatic ring is 1. The number of hydrogen-bond acceptors (Lipinski definition) is 4. The molecular formula is C14H23N3O3S. The SMILES string of the molecule is Cc1ccc(S(=O)(=O)NCCC(=O)NCC(C)C)cc1N. The number of amides is 1. The van der Waals surface area contributed by atoms with E-state index in [9.17, 15) is 13.2 Å². The van der Waals surface area contributed by atoms with Crippen LogP contribution in [0.5, 0.6) is 0 Å². The van der Waals surface area contributed by atoms with Crippen LogP contribution in [0.15, 0.2) is 23.1 Å². The number of nitrogens with two attached hydrogens (primary N) is 1. The average molecular weight is 313 g/mol. The first kappa shape index (κ1) is 17.5. The molecule has 0 saturated heterocycles. The molecule has 0 spiro atoms. The van der Waals surface area contributed by atoms with E-state index in [0.717, 1.165) is 5.56 Å². The molecule has 21 heavy (non-hydrogen) atoms. The van der Waals surface area contributed by atoms with Gasteiger partial charge in [-0.25, -0.2) is 13.1 Å². The summed E-state index contributed by atoms with van der Waals surface area (Å²) >= 11 is 0. The lowest BCUT2D eigenvalue weighted by molar-refractivity contribution is -0.121. The van der Waals surface area contributed by atoms with E-state index in [1.165, 1.54) is 12.1 Å². The lowest BCUT2D eigenvalue weighted by Crippen LogP contribution is -2.32. The van der Waals surface area contributed by atoms with Gasteiger partial charge in [-0.15, -0.1) is 0 Å². The van der Waals surface area contributed by atoms with Crippen LogP contribution >= 0.6 is 0 Å². The Balaban J connectivity index is 2.53. The second-order valence-electron chi connectivity index (χ2n) is 5.36. The van der Waals surface area contributed by atoms with E-state index in [1.807, 2.05) is 13.8 Å². The Bertz CT molecular complexity index is 597. The highest BCUT2D eigenvalue weighted by Gasteiger charge is 2.15. The first-order chi connectivity index (χ1) is 9.72. The minimum atomic E-state index is -3.64. The van der Waals surface area contributed by atoms with Gasteiger partial charge in [-0.2, -0.15) is 0 Å². The molecule has 7 heteroatoms. The maximum Gasteiger partial charge on any atom is 0.240 e. The van der Waals surface area contributed by atoms with Crippen molar-refractivity contribution in [2.24, 2.45) is 5.92 Å². The van der Waals surface area contributed by atoms with Crippen LogP contribution in [0.4, 0.5) is 5.69 Å². The molecule has 0 atom stereocenters. The molecular weight excluding hydrogens is 290 g/mol. The van der Waals surface area contributed by atoms with E-state index in [2.05, 4.69) is 10.0 Å².